The largest absolute Gasteiger partial charge is 0.469 e. The van der Waals surface area contributed by atoms with Gasteiger partial charge in [0, 0.05) is 12.5 Å². The van der Waals surface area contributed by atoms with Crippen LogP contribution in [0, 0.1) is 6.92 Å². The summed E-state index contributed by atoms with van der Waals surface area (Å²) in [6, 6.07) is 5.94. The summed E-state index contributed by atoms with van der Waals surface area (Å²) < 4.78 is 7.12. The molecule has 0 radical (unpaired) electrons. The number of aromatic nitrogens is 2. The maximum Gasteiger partial charge on any atom is 0.122 e. The van der Waals surface area contributed by atoms with Gasteiger partial charge in [-0.2, -0.15) is 5.10 Å². The standard InChI is InChI=1S/C11H15N3O/c1-8-6-11(12)14(13-8)9(2)7-10-4-3-5-15-10/h3-6,9H,7,12H2,1-2H3. The Hall–Kier alpha value is -1.71. The van der Waals surface area contributed by atoms with E-state index in [0.717, 1.165) is 17.9 Å². The number of nitrogens with zero attached hydrogens (tertiary/aromatic N) is 2. The van der Waals surface area contributed by atoms with Crippen molar-refractivity contribution in [3.8, 4) is 0 Å². The first kappa shape index (κ1) is 9.83. The average molecular weight is 205 g/mol. The molecule has 0 saturated carbocycles. The second kappa shape index (κ2) is 3.81. The van der Waals surface area contributed by atoms with Crippen LogP contribution >= 0.6 is 0 Å². The molecule has 15 heavy (non-hydrogen) atoms. The van der Waals surface area contributed by atoms with Gasteiger partial charge in [-0.05, 0) is 26.0 Å². The maximum atomic E-state index is 5.84. The molecule has 0 aliphatic carbocycles. The molecule has 4 heteroatoms. The first-order valence-electron chi connectivity index (χ1n) is 5.01. The average Bonchev–Trinajstić information content (AvgIpc) is 2.75. The normalized spacial score (nSPS) is 12.9. The quantitative estimate of drug-likeness (QED) is 0.835. The molecule has 2 rings (SSSR count). The molecule has 1 unspecified atom stereocenters. The SMILES string of the molecule is Cc1cc(N)n(C(C)Cc2ccco2)n1. The molecular formula is C11H15N3O. The molecule has 0 aliphatic heterocycles. The number of furan rings is 1. The lowest BCUT2D eigenvalue weighted by molar-refractivity contribution is 0.428. The fraction of sp³-hybridized carbons (Fsp3) is 0.364. The topological polar surface area (TPSA) is 57.0 Å². The van der Waals surface area contributed by atoms with Crippen molar-refractivity contribution in [2.75, 3.05) is 5.73 Å². The summed E-state index contributed by atoms with van der Waals surface area (Å²) in [7, 11) is 0. The van der Waals surface area contributed by atoms with Crippen molar-refractivity contribution in [3.05, 3.63) is 35.9 Å². The molecule has 0 saturated heterocycles. The Balaban J connectivity index is 2.14. The van der Waals surface area contributed by atoms with Crippen LogP contribution in [-0.4, -0.2) is 9.78 Å². The number of hydrogen-bond acceptors (Lipinski definition) is 3. The summed E-state index contributed by atoms with van der Waals surface area (Å²) in [6.45, 7) is 4.01. The van der Waals surface area contributed by atoms with E-state index >= 15 is 0 Å². The van der Waals surface area contributed by atoms with Crippen molar-refractivity contribution in [1.82, 2.24) is 9.78 Å². The predicted octanol–water partition coefficient (Wildman–Crippen LogP) is 2.17. The van der Waals surface area contributed by atoms with Crippen LogP contribution in [0.1, 0.15) is 24.4 Å². The van der Waals surface area contributed by atoms with Crippen LogP contribution in [0.3, 0.4) is 0 Å². The molecule has 0 bridgehead atoms. The summed E-state index contributed by atoms with van der Waals surface area (Å²) in [6.07, 6.45) is 2.48. The maximum absolute atomic E-state index is 5.84. The van der Waals surface area contributed by atoms with Gasteiger partial charge in [-0.3, -0.25) is 0 Å². The molecule has 2 aromatic heterocycles. The molecule has 0 amide bonds. The molecule has 0 fully saturated rings. The number of aryl methyl sites for hydroxylation is 1. The van der Waals surface area contributed by atoms with Crippen LogP contribution in [0.25, 0.3) is 0 Å². The van der Waals surface area contributed by atoms with E-state index in [2.05, 4.69) is 12.0 Å². The Kier molecular flexibility index (Phi) is 2.49. The number of anilines is 1. The Morgan fingerprint density at radius 1 is 1.60 bits per heavy atom. The first-order valence-corrected chi connectivity index (χ1v) is 5.01. The van der Waals surface area contributed by atoms with Crippen molar-refractivity contribution >= 4 is 5.82 Å². The van der Waals surface area contributed by atoms with Crippen LogP contribution in [-0.2, 0) is 6.42 Å². The highest BCUT2D eigenvalue weighted by atomic mass is 16.3. The lowest BCUT2D eigenvalue weighted by Gasteiger charge is -2.12. The lowest BCUT2D eigenvalue weighted by atomic mass is 10.2. The summed E-state index contributed by atoms with van der Waals surface area (Å²) in [5.41, 5.74) is 6.78. The Labute approximate surface area is 88.7 Å². The van der Waals surface area contributed by atoms with E-state index in [0.29, 0.717) is 5.82 Å². The van der Waals surface area contributed by atoms with Gasteiger partial charge in [0.15, 0.2) is 0 Å². The highest BCUT2D eigenvalue weighted by molar-refractivity contribution is 5.30. The van der Waals surface area contributed by atoms with Crippen molar-refractivity contribution < 1.29 is 4.42 Å². The number of nitrogen functional groups attached to an aromatic ring is 1. The second-order valence-corrected chi connectivity index (χ2v) is 3.79. The third-order valence-corrected chi connectivity index (χ3v) is 2.38. The third-order valence-electron chi connectivity index (χ3n) is 2.38. The number of nitrogens with two attached hydrogens (primary N) is 1. The third kappa shape index (κ3) is 2.03. The minimum Gasteiger partial charge on any atom is -0.469 e. The van der Waals surface area contributed by atoms with Gasteiger partial charge in [-0.1, -0.05) is 0 Å². The molecule has 1 atom stereocenters. The molecular weight excluding hydrogens is 190 g/mol. The smallest absolute Gasteiger partial charge is 0.122 e. The fourth-order valence-electron chi connectivity index (χ4n) is 1.70. The minimum atomic E-state index is 0.213. The molecule has 0 spiro atoms. The Morgan fingerprint density at radius 2 is 2.40 bits per heavy atom. The highest BCUT2D eigenvalue weighted by Gasteiger charge is 2.11. The Bertz CT molecular complexity index is 431. The van der Waals surface area contributed by atoms with Crippen LogP contribution in [0.15, 0.2) is 28.9 Å². The molecule has 2 N–H and O–H groups in total. The van der Waals surface area contributed by atoms with E-state index in [4.69, 9.17) is 10.2 Å². The highest BCUT2D eigenvalue weighted by Crippen LogP contribution is 2.17. The van der Waals surface area contributed by atoms with Crippen LogP contribution in [0.4, 0.5) is 5.82 Å². The molecule has 2 aromatic rings. The Morgan fingerprint density at radius 3 is 2.93 bits per heavy atom. The molecule has 4 nitrogen and oxygen atoms in total. The lowest BCUT2D eigenvalue weighted by Crippen LogP contribution is -2.12. The second-order valence-electron chi connectivity index (χ2n) is 3.79. The van der Waals surface area contributed by atoms with Crippen LogP contribution in [0.5, 0.6) is 0 Å². The monoisotopic (exact) mass is 205 g/mol. The van der Waals surface area contributed by atoms with Crippen molar-refractivity contribution in [1.29, 1.82) is 0 Å². The first-order chi connectivity index (χ1) is 7.16. The van der Waals surface area contributed by atoms with Gasteiger partial charge in [0.05, 0.1) is 18.0 Å². The van der Waals surface area contributed by atoms with Gasteiger partial charge in [-0.25, -0.2) is 4.68 Å². The van der Waals surface area contributed by atoms with E-state index in [9.17, 15) is 0 Å². The van der Waals surface area contributed by atoms with Gasteiger partial charge in [0.1, 0.15) is 11.6 Å². The fourth-order valence-corrected chi connectivity index (χ4v) is 1.70. The van der Waals surface area contributed by atoms with E-state index in [-0.39, 0.29) is 6.04 Å². The summed E-state index contributed by atoms with van der Waals surface area (Å²) in [4.78, 5) is 0. The van der Waals surface area contributed by atoms with E-state index in [1.165, 1.54) is 0 Å². The number of hydrogen-bond donors (Lipinski definition) is 1. The molecule has 0 aliphatic rings. The van der Waals surface area contributed by atoms with Gasteiger partial charge >= 0.3 is 0 Å². The van der Waals surface area contributed by atoms with Crippen molar-refractivity contribution in [3.63, 3.8) is 0 Å². The van der Waals surface area contributed by atoms with E-state index in [1.807, 2.05) is 29.8 Å². The van der Waals surface area contributed by atoms with Crippen molar-refractivity contribution in [2.24, 2.45) is 0 Å². The van der Waals surface area contributed by atoms with Gasteiger partial charge < -0.3 is 10.2 Å². The molecule has 0 aromatic carbocycles. The number of rotatable bonds is 3. The zero-order valence-corrected chi connectivity index (χ0v) is 8.97. The molecule has 80 valence electrons. The van der Waals surface area contributed by atoms with Crippen LogP contribution in [0.2, 0.25) is 0 Å². The zero-order chi connectivity index (χ0) is 10.8. The van der Waals surface area contributed by atoms with Gasteiger partial charge in [0.2, 0.25) is 0 Å². The van der Waals surface area contributed by atoms with E-state index in [1.54, 1.807) is 6.26 Å². The molecule has 2 heterocycles. The minimum absolute atomic E-state index is 0.213. The summed E-state index contributed by atoms with van der Waals surface area (Å²) in [5, 5.41) is 4.34. The van der Waals surface area contributed by atoms with Gasteiger partial charge in [-0.15, -0.1) is 0 Å². The van der Waals surface area contributed by atoms with E-state index < -0.39 is 0 Å². The summed E-state index contributed by atoms with van der Waals surface area (Å²) in [5.74, 6) is 1.65. The van der Waals surface area contributed by atoms with Gasteiger partial charge in [0.25, 0.3) is 0 Å². The summed E-state index contributed by atoms with van der Waals surface area (Å²) >= 11 is 0. The zero-order valence-electron chi connectivity index (χ0n) is 8.97. The predicted molar refractivity (Wildman–Crippen MR) is 58.5 cm³/mol. The van der Waals surface area contributed by atoms with Crippen molar-refractivity contribution in [2.45, 2.75) is 26.3 Å². The van der Waals surface area contributed by atoms with Crippen LogP contribution < -0.4 is 5.73 Å².